The van der Waals surface area contributed by atoms with Gasteiger partial charge in [-0.25, -0.2) is 4.39 Å². The van der Waals surface area contributed by atoms with E-state index in [4.69, 9.17) is 17.0 Å². The van der Waals surface area contributed by atoms with Crippen molar-refractivity contribution in [3.63, 3.8) is 0 Å². The number of carbonyl (C=O) groups excluding carboxylic acids is 1. The van der Waals surface area contributed by atoms with Crippen LogP contribution in [0.5, 0.6) is 5.75 Å². The smallest absolute Gasteiger partial charge is 0.270 e. The molecule has 0 radical (unpaired) electrons. The van der Waals surface area contributed by atoms with Crippen molar-refractivity contribution in [2.45, 2.75) is 13.8 Å². The number of methoxy groups -OCH3 is 1. The largest absolute Gasteiger partial charge is 0.497 e. The highest BCUT2D eigenvalue weighted by atomic mass is 32.2. The standard InChI is InChI=1S/C23H19FN2O2S2/c1-14-12-16(15(2)25(14)18-8-10-20(28-3)11-9-18)13-21-22(27)26(23(29)30-21)19-6-4-17(24)5-7-19/h4-13H,1-3H3/b21-13-. The average Bonchev–Trinajstić information content (AvgIpc) is 3.17. The van der Waals surface area contributed by atoms with Crippen LogP contribution < -0.4 is 9.64 Å². The number of aryl methyl sites for hydroxylation is 1. The lowest BCUT2D eigenvalue weighted by atomic mass is 10.2. The molecule has 2 heterocycles. The van der Waals surface area contributed by atoms with Gasteiger partial charge in [-0.05, 0) is 80.1 Å². The van der Waals surface area contributed by atoms with Crippen molar-refractivity contribution in [2.75, 3.05) is 12.0 Å². The first-order valence-electron chi connectivity index (χ1n) is 9.26. The van der Waals surface area contributed by atoms with E-state index in [0.29, 0.717) is 14.9 Å². The van der Waals surface area contributed by atoms with Gasteiger partial charge in [-0.15, -0.1) is 0 Å². The van der Waals surface area contributed by atoms with Crippen LogP contribution in [0.25, 0.3) is 11.8 Å². The lowest BCUT2D eigenvalue weighted by molar-refractivity contribution is -0.113. The summed E-state index contributed by atoms with van der Waals surface area (Å²) >= 11 is 6.66. The van der Waals surface area contributed by atoms with E-state index >= 15 is 0 Å². The fraction of sp³-hybridized carbons (Fsp3) is 0.130. The summed E-state index contributed by atoms with van der Waals surface area (Å²) < 4.78 is 21.0. The summed E-state index contributed by atoms with van der Waals surface area (Å²) in [5, 5.41) is 0. The van der Waals surface area contributed by atoms with Crippen molar-refractivity contribution >= 4 is 46.0 Å². The molecule has 2 aromatic carbocycles. The van der Waals surface area contributed by atoms with Crippen molar-refractivity contribution in [1.29, 1.82) is 0 Å². The van der Waals surface area contributed by atoms with Gasteiger partial charge >= 0.3 is 0 Å². The van der Waals surface area contributed by atoms with Crippen LogP contribution in [-0.2, 0) is 4.79 Å². The molecule has 4 nitrogen and oxygen atoms in total. The normalized spacial score (nSPS) is 15.3. The molecule has 0 aliphatic carbocycles. The van der Waals surface area contributed by atoms with E-state index in [9.17, 15) is 9.18 Å². The Hall–Kier alpha value is -2.90. The molecule has 30 heavy (non-hydrogen) atoms. The molecule has 0 unspecified atom stereocenters. The summed E-state index contributed by atoms with van der Waals surface area (Å²) in [7, 11) is 1.64. The fourth-order valence-corrected chi connectivity index (χ4v) is 4.77. The number of halogens is 1. The minimum absolute atomic E-state index is 0.203. The molecule has 0 N–H and O–H groups in total. The number of carbonyl (C=O) groups is 1. The molecule has 1 aromatic heterocycles. The number of ether oxygens (including phenoxy) is 1. The molecule has 3 aromatic rings. The van der Waals surface area contributed by atoms with Crippen LogP contribution in [0.2, 0.25) is 0 Å². The van der Waals surface area contributed by atoms with Crippen molar-refractivity contribution in [1.82, 2.24) is 4.57 Å². The van der Waals surface area contributed by atoms with Crippen molar-refractivity contribution < 1.29 is 13.9 Å². The molecule has 1 fully saturated rings. The van der Waals surface area contributed by atoms with E-state index in [1.807, 2.05) is 50.3 Å². The molecule has 0 atom stereocenters. The summed E-state index contributed by atoms with van der Waals surface area (Å²) in [6.45, 7) is 4.04. The summed E-state index contributed by atoms with van der Waals surface area (Å²) in [6, 6.07) is 15.6. The van der Waals surface area contributed by atoms with Crippen molar-refractivity contribution in [3.8, 4) is 11.4 Å². The first kappa shape index (κ1) is 20.4. The zero-order valence-corrected chi connectivity index (χ0v) is 18.3. The third kappa shape index (κ3) is 3.66. The Morgan fingerprint density at radius 1 is 1.03 bits per heavy atom. The number of rotatable bonds is 4. The van der Waals surface area contributed by atoms with E-state index in [0.717, 1.165) is 28.4 Å². The van der Waals surface area contributed by atoms with Gasteiger partial charge in [0.2, 0.25) is 0 Å². The minimum Gasteiger partial charge on any atom is -0.497 e. The Kier molecular flexibility index (Phi) is 5.49. The molecule has 7 heteroatoms. The topological polar surface area (TPSA) is 34.5 Å². The molecule has 4 rings (SSSR count). The third-order valence-corrected chi connectivity index (χ3v) is 6.27. The third-order valence-electron chi connectivity index (χ3n) is 4.97. The van der Waals surface area contributed by atoms with E-state index in [1.165, 1.54) is 28.8 Å². The molecule has 1 aliphatic rings. The number of thiocarbonyl (C=S) groups is 1. The molecule has 1 aliphatic heterocycles. The molecule has 152 valence electrons. The average molecular weight is 439 g/mol. The van der Waals surface area contributed by atoms with Gasteiger partial charge in [-0.2, -0.15) is 0 Å². The number of hydrogen-bond donors (Lipinski definition) is 0. The molecule has 0 spiro atoms. The summed E-state index contributed by atoms with van der Waals surface area (Å²) in [5.74, 6) is 0.238. The first-order chi connectivity index (χ1) is 14.4. The number of amides is 1. The molecule has 0 bridgehead atoms. The number of thioether (sulfide) groups is 1. The van der Waals surface area contributed by atoms with Crippen LogP contribution in [0.3, 0.4) is 0 Å². The van der Waals surface area contributed by atoms with E-state index < -0.39 is 0 Å². The van der Waals surface area contributed by atoms with Gasteiger partial charge in [-0.3, -0.25) is 9.69 Å². The second-order valence-electron chi connectivity index (χ2n) is 6.85. The zero-order chi connectivity index (χ0) is 21.4. The Labute approximate surface area is 184 Å². The van der Waals surface area contributed by atoms with Crippen LogP contribution in [0, 0.1) is 19.7 Å². The first-order valence-corrected chi connectivity index (χ1v) is 10.5. The van der Waals surface area contributed by atoms with E-state index in [2.05, 4.69) is 4.57 Å². The highest BCUT2D eigenvalue weighted by Crippen LogP contribution is 2.37. The van der Waals surface area contributed by atoms with Crippen LogP contribution >= 0.6 is 24.0 Å². The van der Waals surface area contributed by atoms with E-state index in [1.54, 1.807) is 19.2 Å². The molecular weight excluding hydrogens is 419 g/mol. The maximum atomic E-state index is 13.2. The molecule has 1 saturated heterocycles. The Morgan fingerprint density at radius 2 is 1.67 bits per heavy atom. The summed E-state index contributed by atoms with van der Waals surface area (Å²) in [4.78, 5) is 15.0. The Bertz CT molecular complexity index is 1170. The van der Waals surface area contributed by atoms with Gasteiger partial charge in [0.1, 0.15) is 11.6 Å². The number of hydrogen-bond acceptors (Lipinski definition) is 4. The molecule has 0 saturated carbocycles. The minimum atomic E-state index is -0.356. The van der Waals surface area contributed by atoms with Crippen molar-refractivity contribution in [2.24, 2.45) is 0 Å². The highest BCUT2D eigenvalue weighted by Gasteiger charge is 2.33. The van der Waals surface area contributed by atoms with Gasteiger partial charge in [0.15, 0.2) is 4.32 Å². The Morgan fingerprint density at radius 3 is 2.30 bits per heavy atom. The lowest BCUT2D eigenvalue weighted by Crippen LogP contribution is -2.27. The number of aromatic nitrogens is 1. The summed E-state index contributed by atoms with van der Waals surface area (Å²) in [5.41, 5.74) is 4.60. The quantitative estimate of drug-likeness (QED) is 0.390. The summed E-state index contributed by atoms with van der Waals surface area (Å²) in [6.07, 6.45) is 1.87. The maximum absolute atomic E-state index is 13.2. The van der Waals surface area contributed by atoms with Crippen LogP contribution in [0.1, 0.15) is 17.0 Å². The van der Waals surface area contributed by atoms with Crippen molar-refractivity contribution in [3.05, 3.63) is 82.3 Å². The van der Waals surface area contributed by atoms with Gasteiger partial charge in [-0.1, -0.05) is 24.0 Å². The van der Waals surface area contributed by atoms with Gasteiger partial charge in [0.25, 0.3) is 5.91 Å². The van der Waals surface area contributed by atoms with Gasteiger partial charge in [0, 0.05) is 17.1 Å². The van der Waals surface area contributed by atoms with Gasteiger partial charge < -0.3 is 9.30 Å². The number of anilines is 1. The Balaban J connectivity index is 1.67. The number of nitrogens with zero attached hydrogens (tertiary/aromatic N) is 2. The molecule has 1 amide bonds. The predicted octanol–water partition coefficient (Wildman–Crippen LogP) is 5.65. The monoisotopic (exact) mass is 438 g/mol. The van der Waals surface area contributed by atoms with E-state index in [-0.39, 0.29) is 11.7 Å². The van der Waals surface area contributed by atoms with Crippen LogP contribution in [0.15, 0.2) is 59.5 Å². The second-order valence-corrected chi connectivity index (χ2v) is 8.53. The van der Waals surface area contributed by atoms with Crippen LogP contribution in [0.4, 0.5) is 10.1 Å². The lowest BCUT2D eigenvalue weighted by Gasteiger charge is -2.14. The fourth-order valence-electron chi connectivity index (χ4n) is 3.48. The second kappa shape index (κ2) is 8.08. The highest BCUT2D eigenvalue weighted by molar-refractivity contribution is 8.27. The van der Waals surface area contributed by atoms with Gasteiger partial charge in [0.05, 0.1) is 17.7 Å². The number of benzene rings is 2. The van der Waals surface area contributed by atoms with Crippen LogP contribution in [-0.4, -0.2) is 21.9 Å². The molecular formula is C23H19FN2O2S2. The predicted molar refractivity (Wildman–Crippen MR) is 124 cm³/mol. The zero-order valence-electron chi connectivity index (χ0n) is 16.7. The SMILES string of the molecule is COc1ccc(-n2c(C)cc(/C=C3\SC(=S)N(c4ccc(F)cc4)C3=O)c2C)cc1. The maximum Gasteiger partial charge on any atom is 0.270 e.